The summed E-state index contributed by atoms with van der Waals surface area (Å²) in [6.45, 7) is 0. The number of hydrogen-bond acceptors (Lipinski definition) is 6. The van der Waals surface area contributed by atoms with E-state index in [4.69, 9.17) is 14.2 Å². The van der Waals surface area contributed by atoms with E-state index in [1.165, 1.54) is 32.4 Å². The maximum absolute atomic E-state index is 13.3. The fourth-order valence-corrected chi connectivity index (χ4v) is 4.95. The fourth-order valence-electron chi connectivity index (χ4n) is 3.74. The minimum Gasteiger partial charge on any atom is -0.493 e. The van der Waals surface area contributed by atoms with Gasteiger partial charge >= 0.3 is 0 Å². The van der Waals surface area contributed by atoms with Gasteiger partial charge < -0.3 is 19.5 Å². The summed E-state index contributed by atoms with van der Waals surface area (Å²) in [4.78, 5) is 13.3. The number of anilines is 1. The van der Waals surface area contributed by atoms with Crippen molar-refractivity contribution in [3.63, 3.8) is 0 Å². The predicted octanol–water partition coefficient (Wildman–Crippen LogP) is 5.02. The molecular weight excluding hydrogens is 504 g/mol. The summed E-state index contributed by atoms with van der Waals surface area (Å²) in [5, 5.41) is 2.80. The summed E-state index contributed by atoms with van der Waals surface area (Å²) in [5.41, 5.74) is 1.30. The molecule has 0 fully saturated rings. The van der Waals surface area contributed by atoms with E-state index in [0.29, 0.717) is 22.9 Å². The van der Waals surface area contributed by atoms with Crippen LogP contribution < -0.4 is 24.2 Å². The standard InChI is InChI=1S/C29H28N2O6S/c1-35-27-18-17-25(20-28(27)36-2)38(33,34)31-26(19-21-9-5-3-6-10-21)29(32)30-22-13-15-24(16-14-22)37-23-11-7-4-8-12-23/h3-18,20,26,31H,19H2,1-2H3,(H,30,32)/t26-/m1/s1. The van der Waals surface area contributed by atoms with Gasteiger partial charge in [0.15, 0.2) is 11.5 Å². The number of sulfonamides is 1. The molecule has 9 heteroatoms. The highest BCUT2D eigenvalue weighted by atomic mass is 32.2. The number of carbonyl (C=O) groups is 1. The van der Waals surface area contributed by atoms with Crippen molar-refractivity contribution >= 4 is 21.6 Å². The molecule has 0 unspecified atom stereocenters. The van der Waals surface area contributed by atoms with Crippen molar-refractivity contribution in [1.82, 2.24) is 4.72 Å². The zero-order chi connectivity index (χ0) is 27.0. The second-order valence-corrected chi connectivity index (χ2v) is 10.0. The molecule has 8 nitrogen and oxygen atoms in total. The molecule has 4 aromatic rings. The molecular formula is C29H28N2O6S. The van der Waals surface area contributed by atoms with Crippen molar-refractivity contribution in [1.29, 1.82) is 0 Å². The number of para-hydroxylation sites is 1. The molecule has 38 heavy (non-hydrogen) atoms. The highest BCUT2D eigenvalue weighted by Crippen LogP contribution is 2.29. The Kier molecular flexibility index (Phi) is 8.62. The van der Waals surface area contributed by atoms with Crippen LogP contribution in [0.2, 0.25) is 0 Å². The Balaban J connectivity index is 1.53. The topological polar surface area (TPSA) is 103 Å². The van der Waals surface area contributed by atoms with E-state index in [1.807, 2.05) is 60.7 Å². The largest absolute Gasteiger partial charge is 0.493 e. The molecule has 4 rings (SSSR count). The number of benzene rings is 4. The normalized spacial score (nSPS) is 11.8. The third-order valence-corrected chi connectivity index (χ3v) is 7.13. The summed E-state index contributed by atoms with van der Waals surface area (Å²) in [7, 11) is -1.20. The highest BCUT2D eigenvalue weighted by molar-refractivity contribution is 7.89. The molecule has 196 valence electrons. The highest BCUT2D eigenvalue weighted by Gasteiger charge is 2.27. The van der Waals surface area contributed by atoms with E-state index in [9.17, 15) is 13.2 Å². The van der Waals surface area contributed by atoms with Gasteiger partial charge in [0.05, 0.1) is 19.1 Å². The monoisotopic (exact) mass is 532 g/mol. The second-order valence-electron chi connectivity index (χ2n) is 8.31. The fraction of sp³-hybridized carbons (Fsp3) is 0.138. The van der Waals surface area contributed by atoms with E-state index in [0.717, 1.165) is 5.56 Å². The molecule has 1 amide bonds. The van der Waals surface area contributed by atoms with Gasteiger partial charge in [0.2, 0.25) is 15.9 Å². The van der Waals surface area contributed by atoms with Crippen LogP contribution >= 0.6 is 0 Å². The number of carbonyl (C=O) groups excluding carboxylic acids is 1. The summed E-state index contributed by atoms with van der Waals surface area (Å²) >= 11 is 0. The smallest absolute Gasteiger partial charge is 0.242 e. The summed E-state index contributed by atoms with van der Waals surface area (Å²) in [6, 6.07) is 28.5. The molecule has 1 atom stereocenters. The SMILES string of the molecule is COc1ccc(S(=O)(=O)N[C@H](Cc2ccccc2)C(=O)Nc2ccc(Oc3ccccc3)cc2)cc1OC. The lowest BCUT2D eigenvalue weighted by molar-refractivity contribution is -0.117. The van der Waals surface area contributed by atoms with Crippen molar-refractivity contribution in [2.24, 2.45) is 0 Å². The minimum absolute atomic E-state index is 0.0524. The van der Waals surface area contributed by atoms with Crippen molar-refractivity contribution < 1.29 is 27.4 Å². The predicted molar refractivity (Wildman–Crippen MR) is 145 cm³/mol. The first-order valence-corrected chi connectivity index (χ1v) is 13.3. The average molecular weight is 533 g/mol. The minimum atomic E-state index is -4.08. The van der Waals surface area contributed by atoms with Gasteiger partial charge in [-0.2, -0.15) is 4.72 Å². The van der Waals surface area contributed by atoms with Crippen LogP contribution in [0.1, 0.15) is 5.56 Å². The maximum atomic E-state index is 13.3. The molecule has 0 spiro atoms. The van der Waals surface area contributed by atoms with Crippen LogP contribution in [-0.4, -0.2) is 34.6 Å². The Morgan fingerprint density at radius 2 is 1.37 bits per heavy atom. The Morgan fingerprint density at radius 3 is 2.00 bits per heavy atom. The lowest BCUT2D eigenvalue weighted by Gasteiger charge is -2.19. The van der Waals surface area contributed by atoms with Gasteiger partial charge in [0.25, 0.3) is 0 Å². The van der Waals surface area contributed by atoms with Crippen LogP contribution in [0, 0.1) is 0 Å². The van der Waals surface area contributed by atoms with E-state index in [2.05, 4.69) is 10.0 Å². The number of methoxy groups -OCH3 is 2. The molecule has 0 radical (unpaired) electrons. The van der Waals surface area contributed by atoms with E-state index < -0.39 is 22.0 Å². The molecule has 0 bridgehead atoms. The molecule has 0 aliphatic rings. The second kappa shape index (κ2) is 12.3. The van der Waals surface area contributed by atoms with Gasteiger partial charge in [-0.05, 0) is 60.5 Å². The summed E-state index contributed by atoms with van der Waals surface area (Å²) in [5.74, 6) is 1.44. The lowest BCUT2D eigenvalue weighted by Crippen LogP contribution is -2.45. The van der Waals surface area contributed by atoms with Crippen LogP contribution in [0.25, 0.3) is 0 Å². The van der Waals surface area contributed by atoms with Gasteiger partial charge in [0, 0.05) is 11.8 Å². The van der Waals surface area contributed by atoms with E-state index >= 15 is 0 Å². The van der Waals surface area contributed by atoms with Crippen molar-refractivity contribution in [3.8, 4) is 23.0 Å². The van der Waals surface area contributed by atoms with Crippen LogP contribution in [-0.2, 0) is 21.2 Å². The first-order chi connectivity index (χ1) is 18.4. The number of rotatable bonds is 11. The molecule has 0 saturated carbocycles. The molecule has 0 aliphatic heterocycles. The quantitative estimate of drug-likeness (QED) is 0.281. The van der Waals surface area contributed by atoms with Crippen molar-refractivity contribution in [3.05, 3.63) is 109 Å². The van der Waals surface area contributed by atoms with Crippen LogP contribution in [0.4, 0.5) is 5.69 Å². The molecule has 2 N–H and O–H groups in total. The molecule has 0 aliphatic carbocycles. The summed E-state index contributed by atoms with van der Waals surface area (Å²) in [6.07, 6.45) is 0.147. The summed E-state index contributed by atoms with van der Waals surface area (Å²) < 4.78 is 45.3. The third-order valence-electron chi connectivity index (χ3n) is 5.66. The Morgan fingerprint density at radius 1 is 0.763 bits per heavy atom. The van der Waals surface area contributed by atoms with Crippen LogP contribution in [0.5, 0.6) is 23.0 Å². The average Bonchev–Trinajstić information content (AvgIpc) is 2.94. The van der Waals surface area contributed by atoms with E-state index in [1.54, 1.807) is 24.3 Å². The Labute approximate surface area is 222 Å². The van der Waals surface area contributed by atoms with Crippen LogP contribution in [0.3, 0.4) is 0 Å². The van der Waals surface area contributed by atoms with Gasteiger partial charge in [0.1, 0.15) is 17.5 Å². The number of hydrogen-bond donors (Lipinski definition) is 2. The first-order valence-electron chi connectivity index (χ1n) is 11.8. The molecule has 0 heterocycles. The first kappa shape index (κ1) is 26.7. The zero-order valence-corrected chi connectivity index (χ0v) is 21.8. The molecule has 0 saturated heterocycles. The van der Waals surface area contributed by atoms with Crippen molar-refractivity contribution in [2.75, 3.05) is 19.5 Å². The van der Waals surface area contributed by atoms with Crippen molar-refractivity contribution in [2.45, 2.75) is 17.4 Å². The zero-order valence-electron chi connectivity index (χ0n) is 21.0. The third kappa shape index (κ3) is 6.90. The Hall–Kier alpha value is -4.34. The van der Waals surface area contributed by atoms with Gasteiger partial charge in [-0.1, -0.05) is 48.5 Å². The van der Waals surface area contributed by atoms with Gasteiger partial charge in [-0.15, -0.1) is 0 Å². The van der Waals surface area contributed by atoms with Crippen LogP contribution in [0.15, 0.2) is 108 Å². The number of amides is 1. The number of ether oxygens (including phenoxy) is 3. The lowest BCUT2D eigenvalue weighted by atomic mass is 10.1. The molecule has 0 aromatic heterocycles. The molecule has 4 aromatic carbocycles. The van der Waals surface area contributed by atoms with Gasteiger partial charge in [-0.25, -0.2) is 8.42 Å². The van der Waals surface area contributed by atoms with Gasteiger partial charge in [-0.3, -0.25) is 4.79 Å². The Bertz CT molecular complexity index is 1460. The number of nitrogens with one attached hydrogen (secondary N) is 2. The maximum Gasteiger partial charge on any atom is 0.242 e. The van der Waals surface area contributed by atoms with E-state index in [-0.39, 0.29) is 17.1 Å².